The van der Waals surface area contributed by atoms with Gasteiger partial charge in [0.25, 0.3) is 0 Å². The molecule has 0 bridgehead atoms. The van der Waals surface area contributed by atoms with Gasteiger partial charge in [-0.2, -0.15) is 0 Å². The number of ether oxygens (including phenoxy) is 2. The number of hydrogen-bond acceptors (Lipinski definition) is 5. The first-order valence-electron chi connectivity index (χ1n) is 14.6. The van der Waals surface area contributed by atoms with Crippen molar-refractivity contribution in [3.63, 3.8) is 0 Å². The van der Waals surface area contributed by atoms with E-state index in [9.17, 15) is 4.79 Å². The molecule has 0 spiro atoms. The lowest BCUT2D eigenvalue weighted by molar-refractivity contribution is 0.0599. The van der Waals surface area contributed by atoms with Crippen molar-refractivity contribution in [2.24, 2.45) is 0 Å². The summed E-state index contributed by atoms with van der Waals surface area (Å²) >= 11 is 13.6. The Morgan fingerprint density at radius 3 is 1.95 bits per heavy atom. The van der Waals surface area contributed by atoms with Gasteiger partial charge in [0.1, 0.15) is 11.5 Å². The number of anilines is 4. The van der Waals surface area contributed by atoms with Crippen LogP contribution in [0, 0.1) is 0 Å². The van der Waals surface area contributed by atoms with E-state index in [0.29, 0.717) is 21.4 Å². The Morgan fingerprint density at radius 2 is 1.32 bits per heavy atom. The van der Waals surface area contributed by atoms with Crippen molar-refractivity contribution in [2.75, 3.05) is 30.0 Å². The summed E-state index contributed by atoms with van der Waals surface area (Å²) in [7, 11) is 1.41. The number of esters is 1. The van der Waals surface area contributed by atoms with E-state index in [-0.39, 0.29) is 11.9 Å². The van der Waals surface area contributed by atoms with Crippen molar-refractivity contribution in [1.29, 1.82) is 0 Å². The average Bonchev–Trinajstić information content (AvgIpc) is 3.05. The molecule has 5 aromatic carbocycles. The maximum Gasteiger partial charge on any atom is 0.338 e. The van der Waals surface area contributed by atoms with Crippen molar-refractivity contribution in [2.45, 2.75) is 19.8 Å². The van der Waals surface area contributed by atoms with E-state index in [2.05, 4.69) is 43.0 Å². The molecule has 0 fully saturated rings. The van der Waals surface area contributed by atoms with E-state index in [4.69, 9.17) is 32.7 Å². The fraction of sp³-hybridized carbons (Fsp3) is 0.162. The third-order valence-electron chi connectivity index (χ3n) is 8.08. The fourth-order valence-corrected chi connectivity index (χ4v) is 6.41. The van der Waals surface area contributed by atoms with Gasteiger partial charge in [-0.15, -0.1) is 0 Å². The standard InChI is InChI=1S/C37H32Cl2N2O3/c1-4-40(5-2)24-18-20-28-35(23-24)44-34-21-19-25(22-29(34)36(28)26-12-6-7-13-27(26)37(42)43-3)41(32-16-10-8-14-30(32)38)33-17-11-9-15-31(33)39/h6-23,36H,4-5H2,1-3H3. The number of para-hydroxylation sites is 2. The maximum absolute atomic E-state index is 13.0. The summed E-state index contributed by atoms with van der Waals surface area (Å²) in [6.07, 6.45) is 0. The van der Waals surface area contributed by atoms with Crippen molar-refractivity contribution in [3.05, 3.63) is 141 Å². The van der Waals surface area contributed by atoms with Gasteiger partial charge in [-0.25, -0.2) is 4.79 Å². The highest BCUT2D eigenvalue weighted by Crippen LogP contribution is 2.51. The lowest BCUT2D eigenvalue weighted by atomic mass is 9.80. The first-order chi connectivity index (χ1) is 21.4. The molecule has 7 heteroatoms. The van der Waals surface area contributed by atoms with Crippen LogP contribution in [0.3, 0.4) is 0 Å². The fourth-order valence-electron chi connectivity index (χ4n) is 5.97. The van der Waals surface area contributed by atoms with Crippen LogP contribution in [0.2, 0.25) is 10.0 Å². The molecule has 1 aliphatic heterocycles. The van der Waals surface area contributed by atoms with E-state index in [1.54, 1.807) is 0 Å². The van der Waals surface area contributed by atoms with Crippen molar-refractivity contribution < 1.29 is 14.3 Å². The van der Waals surface area contributed by atoms with Crippen LogP contribution in [-0.4, -0.2) is 26.2 Å². The van der Waals surface area contributed by atoms with Gasteiger partial charge >= 0.3 is 5.97 Å². The predicted molar refractivity (Wildman–Crippen MR) is 180 cm³/mol. The molecule has 0 N–H and O–H groups in total. The zero-order valence-electron chi connectivity index (χ0n) is 24.8. The highest BCUT2D eigenvalue weighted by atomic mass is 35.5. The molecule has 0 saturated heterocycles. The Morgan fingerprint density at radius 1 is 0.705 bits per heavy atom. The van der Waals surface area contributed by atoms with Crippen LogP contribution in [0.25, 0.3) is 0 Å². The Kier molecular flexibility index (Phi) is 8.51. The summed E-state index contributed by atoms with van der Waals surface area (Å²) < 4.78 is 11.8. The first-order valence-corrected chi connectivity index (χ1v) is 15.4. The lowest BCUT2D eigenvalue weighted by Crippen LogP contribution is -2.22. The minimum atomic E-state index is -0.389. The van der Waals surface area contributed by atoms with Crippen molar-refractivity contribution in [1.82, 2.24) is 0 Å². The highest BCUT2D eigenvalue weighted by Gasteiger charge is 2.33. The Hall–Kier alpha value is -4.45. The maximum atomic E-state index is 13.0. The quantitative estimate of drug-likeness (QED) is 0.158. The monoisotopic (exact) mass is 622 g/mol. The number of hydrogen-bond donors (Lipinski definition) is 0. The molecule has 44 heavy (non-hydrogen) atoms. The van der Waals surface area contributed by atoms with E-state index < -0.39 is 0 Å². The molecule has 222 valence electrons. The number of carbonyl (C=O) groups excluding carboxylic acids is 1. The highest BCUT2D eigenvalue weighted by molar-refractivity contribution is 6.35. The summed E-state index contributed by atoms with van der Waals surface area (Å²) in [4.78, 5) is 17.4. The van der Waals surface area contributed by atoms with Gasteiger partial charge in [0.15, 0.2) is 0 Å². The van der Waals surface area contributed by atoms with Gasteiger partial charge in [0, 0.05) is 47.6 Å². The molecular weight excluding hydrogens is 591 g/mol. The molecule has 1 heterocycles. The third kappa shape index (κ3) is 5.38. The van der Waals surface area contributed by atoms with Crippen molar-refractivity contribution >= 4 is 51.9 Å². The van der Waals surface area contributed by atoms with Gasteiger partial charge in [-0.05, 0) is 74.0 Å². The smallest absolute Gasteiger partial charge is 0.338 e. The van der Waals surface area contributed by atoms with E-state index in [1.165, 1.54) is 7.11 Å². The van der Waals surface area contributed by atoms with Crippen LogP contribution in [0.4, 0.5) is 22.7 Å². The number of carbonyl (C=O) groups is 1. The van der Waals surface area contributed by atoms with Gasteiger partial charge in [0.2, 0.25) is 0 Å². The molecule has 0 aromatic heterocycles. The minimum absolute atomic E-state index is 0.311. The minimum Gasteiger partial charge on any atom is -0.465 e. The van der Waals surface area contributed by atoms with Crippen molar-refractivity contribution in [3.8, 4) is 11.5 Å². The van der Waals surface area contributed by atoms with Gasteiger partial charge in [0.05, 0.1) is 34.1 Å². The number of rotatable bonds is 8. The SMILES string of the molecule is CCN(CC)c1ccc2c(c1)Oc1ccc(N(c3ccccc3Cl)c3ccccc3Cl)cc1C2c1ccccc1C(=O)OC. The summed E-state index contributed by atoms with van der Waals surface area (Å²) in [5.41, 5.74) is 6.71. The zero-order chi connectivity index (χ0) is 30.8. The number of nitrogens with zero attached hydrogens (tertiary/aromatic N) is 2. The second-order valence-electron chi connectivity index (χ2n) is 10.5. The molecule has 1 atom stereocenters. The predicted octanol–water partition coefficient (Wildman–Crippen LogP) is 10.4. The van der Waals surface area contributed by atoms with Crippen LogP contribution in [0.5, 0.6) is 11.5 Å². The molecule has 0 aliphatic carbocycles. The van der Waals surface area contributed by atoms with Crippen LogP contribution in [-0.2, 0) is 4.74 Å². The van der Waals surface area contributed by atoms with E-state index in [0.717, 1.165) is 58.3 Å². The number of benzene rings is 5. The van der Waals surface area contributed by atoms with Crippen LogP contribution < -0.4 is 14.5 Å². The summed E-state index contributed by atoms with van der Waals surface area (Å²) in [5, 5.41) is 1.17. The lowest BCUT2D eigenvalue weighted by Gasteiger charge is -2.33. The second-order valence-corrected chi connectivity index (χ2v) is 11.3. The van der Waals surface area contributed by atoms with Gasteiger partial charge < -0.3 is 19.3 Å². The second kappa shape index (κ2) is 12.7. The van der Waals surface area contributed by atoms with Crippen LogP contribution in [0.1, 0.15) is 46.8 Å². The molecule has 0 radical (unpaired) electrons. The number of methoxy groups -OCH3 is 1. The molecule has 1 unspecified atom stereocenters. The number of fused-ring (bicyclic) bond motifs is 2. The third-order valence-corrected chi connectivity index (χ3v) is 8.72. The Balaban J connectivity index is 1.59. The summed E-state index contributed by atoms with van der Waals surface area (Å²) in [6, 6.07) is 35.4. The van der Waals surface area contributed by atoms with Gasteiger partial charge in [-0.3, -0.25) is 0 Å². The molecule has 1 aliphatic rings. The Bertz CT molecular complexity index is 1790. The molecule has 6 rings (SSSR count). The normalized spacial score (nSPS) is 13.3. The van der Waals surface area contributed by atoms with Crippen LogP contribution in [0.15, 0.2) is 109 Å². The van der Waals surface area contributed by atoms with E-state index >= 15 is 0 Å². The first kappa shape index (κ1) is 29.6. The summed E-state index contributed by atoms with van der Waals surface area (Å²) in [5.74, 6) is 0.767. The number of halogens is 2. The molecule has 0 amide bonds. The molecular formula is C37H32Cl2N2O3. The molecule has 5 nitrogen and oxygen atoms in total. The zero-order valence-corrected chi connectivity index (χ0v) is 26.3. The summed E-state index contributed by atoms with van der Waals surface area (Å²) in [6.45, 7) is 6.03. The van der Waals surface area contributed by atoms with E-state index in [1.807, 2.05) is 89.8 Å². The van der Waals surface area contributed by atoms with Crippen LogP contribution >= 0.6 is 23.2 Å². The topological polar surface area (TPSA) is 42.0 Å². The Labute approximate surface area is 268 Å². The van der Waals surface area contributed by atoms with Gasteiger partial charge in [-0.1, -0.05) is 71.7 Å². The molecule has 5 aromatic rings. The molecule has 0 saturated carbocycles. The largest absolute Gasteiger partial charge is 0.465 e. The average molecular weight is 624 g/mol.